The van der Waals surface area contributed by atoms with Gasteiger partial charge in [-0.2, -0.15) is 0 Å². The van der Waals surface area contributed by atoms with Crippen LogP contribution in [0.5, 0.6) is 0 Å². The molecule has 2 aliphatic rings. The summed E-state index contributed by atoms with van der Waals surface area (Å²) in [4.78, 5) is 4.66. The third kappa shape index (κ3) is 3.72. The molecule has 0 bridgehead atoms. The molecule has 1 aromatic heterocycles. The Balaban J connectivity index is 1.53. The Hall–Kier alpha value is -1.96. The molecule has 1 unspecified atom stereocenters. The van der Waals surface area contributed by atoms with E-state index in [1.54, 1.807) is 18.3 Å². The number of pyridine rings is 1. The van der Waals surface area contributed by atoms with E-state index in [1.807, 2.05) is 18.2 Å². The van der Waals surface area contributed by atoms with Gasteiger partial charge in [-0.3, -0.25) is 0 Å². The second-order valence-electron chi connectivity index (χ2n) is 7.85. The predicted octanol–water partition coefficient (Wildman–Crippen LogP) is 2.65. The maximum atomic E-state index is 12.6. The highest BCUT2D eigenvalue weighted by molar-refractivity contribution is 7.89. The van der Waals surface area contributed by atoms with Crippen molar-refractivity contribution in [2.75, 3.05) is 11.9 Å². The number of nitrogens with one attached hydrogen (secondary N) is 2. The van der Waals surface area contributed by atoms with Crippen molar-refractivity contribution < 1.29 is 8.42 Å². The van der Waals surface area contributed by atoms with Crippen LogP contribution < -0.4 is 15.8 Å². The summed E-state index contributed by atoms with van der Waals surface area (Å²) in [7, 11) is -3.56. The fourth-order valence-corrected chi connectivity index (χ4v) is 5.21. The number of fused-ring (bicyclic) bond motifs is 1. The molecule has 0 radical (unpaired) electrons. The predicted molar refractivity (Wildman–Crippen MR) is 107 cm³/mol. The molecule has 2 heterocycles. The lowest BCUT2D eigenvalue weighted by atomic mass is 9.99. The zero-order valence-electron chi connectivity index (χ0n) is 15.5. The van der Waals surface area contributed by atoms with Crippen molar-refractivity contribution in [2.24, 2.45) is 5.73 Å². The minimum absolute atomic E-state index is 0.269. The van der Waals surface area contributed by atoms with Crippen molar-refractivity contribution >= 4 is 15.8 Å². The summed E-state index contributed by atoms with van der Waals surface area (Å²) < 4.78 is 27.9. The number of benzene rings is 1. The molecule has 1 aliphatic heterocycles. The van der Waals surface area contributed by atoms with Gasteiger partial charge in [0, 0.05) is 29.9 Å². The van der Waals surface area contributed by atoms with Gasteiger partial charge in [-0.25, -0.2) is 18.1 Å². The quantitative estimate of drug-likeness (QED) is 0.734. The molecule has 1 aliphatic carbocycles. The Morgan fingerprint density at radius 2 is 1.93 bits per heavy atom. The van der Waals surface area contributed by atoms with Gasteiger partial charge >= 0.3 is 0 Å². The maximum Gasteiger partial charge on any atom is 0.240 e. The second kappa shape index (κ2) is 6.89. The Morgan fingerprint density at radius 3 is 2.63 bits per heavy atom. The van der Waals surface area contributed by atoms with Crippen molar-refractivity contribution in [3.05, 3.63) is 42.1 Å². The lowest BCUT2D eigenvalue weighted by molar-refractivity contribution is 0.431. The van der Waals surface area contributed by atoms with E-state index in [1.165, 1.54) is 5.56 Å². The third-order valence-electron chi connectivity index (χ3n) is 5.64. The highest BCUT2D eigenvalue weighted by atomic mass is 32.2. The first-order chi connectivity index (χ1) is 12.9. The molecule has 1 aromatic carbocycles. The van der Waals surface area contributed by atoms with Crippen molar-refractivity contribution in [3.63, 3.8) is 0 Å². The van der Waals surface area contributed by atoms with Crippen LogP contribution >= 0.6 is 0 Å². The van der Waals surface area contributed by atoms with Crippen molar-refractivity contribution in [1.29, 1.82) is 0 Å². The van der Waals surface area contributed by atoms with Crippen LogP contribution in [0.25, 0.3) is 11.1 Å². The molecule has 27 heavy (non-hydrogen) atoms. The normalized spacial score (nSPS) is 21.0. The van der Waals surface area contributed by atoms with E-state index in [0.29, 0.717) is 12.6 Å². The van der Waals surface area contributed by atoms with Gasteiger partial charge in [-0.05, 0) is 55.5 Å². The van der Waals surface area contributed by atoms with Crippen LogP contribution in [0.3, 0.4) is 0 Å². The first kappa shape index (κ1) is 18.4. The minimum atomic E-state index is -3.56. The molecule has 4 rings (SSSR count). The molecule has 6 nitrogen and oxygen atoms in total. The van der Waals surface area contributed by atoms with Crippen LogP contribution in [-0.4, -0.2) is 31.5 Å². The van der Waals surface area contributed by atoms with Crippen LogP contribution in [0.1, 0.15) is 38.2 Å². The summed E-state index contributed by atoms with van der Waals surface area (Å²) in [5.74, 6) is 0.920. The van der Waals surface area contributed by atoms with Crippen LogP contribution in [0.4, 0.5) is 5.82 Å². The molecule has 0 amide bonds. The van der Waals surface area contributed by atoms with Gasteiger partial charge in [0.1, 0.15) is 5.82 Å². The first-order valence-corrected chi connectivity index (χ1v) is 11.0. The molecule has 0 saturated heterocycles. The lowest BCUT2D eigenvalue weighted by Gasteiger charge is -2.23. The van der Waals surface area contributed by atoms with Gasteiger partial charge in [0.15, 0.2) is 0 Å². The van der Waals surface area contributed by atoms with Crippen LogP contribution in [0.2, 0.25) is 0 Å². The van der Waals surface area contributed by atoms with Gasteiger partial charge in [-0.1, -0.05) is 25.0 Å². The number of nitrogens with two attached hydrogens (primary N) is 1. The number of anilines is 1. The monoisotopic (exact) mass is 386 g/mol. The highest BCUT2D eigenvalue weighted by Crippen LogP contribution is 2.33. The minimum Gasteiger partial charge on any atom is -0.367 e. The molecule has 7 heteroatoms. The van der Waals surface area contributed by atoms with E-state index in [9.17, 15) is 8.42 Å². The number of aromatic nitrogens is 1. The molecule has 144 valence electrons. The largest absolute Gasteiger partial charge is 0.367 e. The Bertz CT molecular complexity index is 935. The van der Waals surface area contributed by atoms with Crippen molar-refractivity contribution in [3.8, 4) is 11.1 Å². The summed E-state index contributed by atoms with van der Waals surface area (Å²) in [5, 5.41) is 3.36. The van der Waals surface area contributed by atoms with E-state index in [4.69, 9.17) is 5.73 Å². The van der Waals surface area contributed by atoms with Gasteiger partial charge in [0.05, 0.1) is 4.90 Å². The third-order valence-corrected chi connectivity index (χ3v) is 7.06. The summed E-state index contributed by atoms with van der Waals surface area (Å²) in [6.45, 7) is 2.42. The zero-order chi connectivity index (χ0) is 19.1. The molecule has 1 atom stereocenters. The topological polar surface area (TPSA) is 97.1 Å². The Morgan fingerprint density at radius 1 is 1.22 bits per heavy atom. The molecule has 4 N–H and O–H groups in total. The number of hydrogen-bond donors (Lipinski definition) is 3. The fourth-order valence-electron chi connectivity index (χ4n) is 4.08. The highest BCUT2D eigenvalue weighted by Gasteiger charge is 2.31. The summed E-state index contributed by atoms with van der Waals surface area (Å²) in [6, 6.07) is 9.39. The molecule has 0 spiro atoms. The Labute approximate surface area is 160 Å². The van der Waals surface area contributed by atoms with E-state index >= 15 is 0 Å². The summed E-state index contributed by atoms with van der Waals surface area (Å²) in [6.07, 6.45) is 6.57. The summed E-state index contributed by atoms with van der Waals surface area (Å²) in [5.41, 5.74) is 9.14. The fraction of sp³-hybridized carbons (Fsp3) is 0.450. The SMILES string of the molecule is CC1Cc2c(-c3ccc(S(=O)(=O)NCC4(N)CCCC4)cc3)ccnc2N1. The molecule has 1 saturated carbocycles. The van der Waals surface area contributed by atoms with E-state index in [0.717, 1.165) is 49.0 Å². The number of sulfonamides is 1. The standard InChI is InChI=1S/C20H26N4O2S/c1-14-12-18-17(8-11-22-19(18)24-14)15-4-6-16(7-5-15)27(25,26)23-13-20(21)9-2-3-10-20/h4-8,11,14,23H,2-3,9-10,12-13,21H2,1H3,(H,22,24). The lowest BCUT2D eigenvalue weighted by Crippen LogP contribution is -2.47. The number of rotatable bonds is 5. The van der Waals surface area contributed by atoms with E-state index in [2.05, 4.69) is 21.9 Å². The zero-order valence-corrected chi connectivity index (χ0v) is 16.3. The van der Waals surface area contributed by atoms with E-state index in [-0.39, 0.29) is 4.90 Å². The molecule has 2 aromatic rings. The Kier molecular flexibility index (Phi) is 4.70. The van der Waals surface area contributed by atoms with Gasteiger partial charge in [0.25, 0.3) is 0 Å². The number of hydrogen-bond acceptors (Lipinski definition) is 5. The molecular weight excluding hydrogens is 360 g/mol. The van der Waals surface area contributed by atoms with Gasteiger partial charge in [-0.15, -0.1) is 0 Å². The second-order valence-corrected chi connectivity index (χ2v) is 9.62. The van der Waals surface area contributed by atoms with Gasteiger partial charge in [0.2, 0.25) is 10.0 Å². The maximum absolute atomic E-state index is 12.6. The average molecular weight is 387 g/mol. The van der Waals surface area contributed by atoms with Gasteiger partial charge < -0.3 is 11.1 Å². The summed E-state index contributed by atoms with van der Waals surface area (Å²) >= 11 is 0. The molecule has 1 fully saturated rings. The molecular formula is C20H26N4O2S. The van der Waals surface area contributed by atoms with Crippen LogP contribution in [-0.2, 0) is 16.4 Å². The van der Waals surface area contributed by atoms with E-state index < -0.39 is 15.6 Å². The van der Waals surface area contributed by atoms with Crippen LogP contribution in [0.15, 0.2) is 41.4 Å². The first-order valence-electron chi connectivity index (χ1n) is 9.50. The van der Waals surface area contributed by atoms with Crippen molar-refractivity contribution in [2.45, 2.75) is 55.5 Å². The smallest absolute Gasteiger partial charge is 0.240 e. The van der Waals surface area contributed by atoms with Crippen molar-refractivity contribution in [1.82, 2.24) is 9.71 Å². The number of nitrogens with zero attached hydrogens (tertiary/aromatic N) is 1. The van der Waals surface area contributed by atoms with Crippen LogP contribution in [0, 0.1) is 0 Å². The average Bonchev–Trinajstić information content (AvgIpc) is 3.25.